The van der Waals surface area contributed by atoms with Gasteiger partial charge in [-0.05, 0) is 50.8 Å². The molecule has 2 atom stereocenters. The predicted octanol–water partition coefficient (Wildman–Crippen LogP) is 2.36. The molecule has 1 heterocycles. The van der Waals surface area contributed by atoms with Crippen molar-refractivity contribution < 1.29 is 9.90 Å². The van der Waals surface area contributed by atoms with Gasteiger partial charge in [-0.1, -0.05) is 11.6 Å². The number of aromatic amines is 1. The number of nitrogens with zero attached hydrogens (tertiary/aromatic N) is 1. The SMILES string of the molecule is Cc1ccc2[nH]c3c(c2c1)CC(NC(=O)N(C)CC(C)O)CC3. The number of carbonyl (C=O) groups is 1. The quantitative estimate of drug-likeness (QED) is 0.814. The first-order valence-electron chi connectivity index (χ1n) is 8.24. The van der Waals surface area contributed by atoms with Crippen molar-refractivity contribution in [3.05, 3.63) is 35.0 Å². The summed E-state index contributed by atoms with van der Waals surface area (Å²) >= 11 is 0. The van der Waals surface area contributed by atoms with E-state index in [1.54, 1.807) is 18.9 Å². The van der Waals surface area contributed by atoms with E-state index in [0.29, 0.717) is 6.54 Å². The lowest BCUT2D eigenvalue weighted by atomic mass is 9.91. The number of H-pyrrole nitrogens is 1. The topological polar surface area (TPSA) is 68.4 Å². The van der Waals surface area contributed by atoms with Crippen LogP contribution in [0.25, 0.3) is 10.9 Å². The molecule has 0 radical (unpaired) electrons. The predicted molar refractivity (Wildman–Crippen MR) is 91.7 cm³/mol. The van der Waals surface area contributed by atoms with Gasteiger partial charge in [-0.3, -0.25) is 0 Å². The van der Waals surface area contributed by atoms with E-state index in [1.807, 2.05) is 0 Å². The van der Waals surface area contributed by atoms with Crippen molar-refractivity contribution in [3.8, 4) is 0 Å². The molecule has 1 aromatic carbocycles. The number of fused-ring (bicyclic) bond motifs is 3. The molecule has 1 aliphatic carbocycles. The summed E-state index contributed by atoms with van der Waals surface area (Å²) in [6, 6.07) is 6.50. The number of amides is 2. The van der Waals surface area contributed by atoms with Crippen molar-refractivity contribution >= 4 is 16.9 Å². The van der Waals surface area contributed by atoms with Gasteiger partial charge in [-0.15, -0.1) is 0 Å². The maximum absolute atomic E-state index is 12.2. The third-order valence-electron chi connectivity index (χ3n) is 4.56. The number of urea groups is 1. The third kappa shape index (κ3) is 3.34. The molecule has 0 bridgehead atoms. The summed E-state index contributed by atoms with van der Waals surface area (Å²) in [4.78, 5) is 17.3. The second kappa shape index (κ2) is 6.24. The maximum Gasteiger partial charge on any atom is 0.317 e. The van der Waals surface area contributed by atoms with Crippen LogP contribution < -0.4 is 5.32 Å². The monoisotopic (exact) mass is 315 g/mol. The number of carbonyl (C=O) groups excluding carboxylic acids is 1. The van der Waals surface area contributed by atoms with Crippen molar-refractivity contribution in [2.45, 2.75) is 45.3 Å². The first-order chi connectivity index (χ1) is 10.9. The average Bonchev–Trinajstić information content (AvgIpc) is 2.84. The summed E-state index contributed by atoms with van der Waals surface area (Å²) in [5.74, 6) is 0. The summed E-state index contributed by atoms with van der Waals surface area (Å²) in [6.45, 7) is 4.13. The largest absolute Gasteiger partial charge is 0.392 e. The molecule has 3 N–H and O–H groups in total. The van der Waals surface area contributed by atoms with Crippen LogP contribution in [0.3, 0.4) is 0 Å². The van der Waals surface area contributed by atoms with Crippen molar-refractivity contribution in [2.75, 3.05) is 13.6 Å². The normalized spacial score (nSPS) is 18.5. The second-order valence-corrected chi connectivity index (χ2v) is 6.75. The van der Waals surface area contributed by atoms with Gasteiger partial charge in [0, 0.05) is 36.2 Å². The molecule has 124 valence electrons. The van der Waals surface area contributed by atoms with Gasteiger partial charge in [0.05, 0.1) is 6.10 Å². The molecule has 5 heteroatoms. The van der Waals surface area contributed by atoms with Gasteiger partial charge in [0.1, 0.15) is 0 Å². The Labute approximate surface area is 136 Å². The van der Waals surface area contributed by atoms with E-state index in [-0.39, 0.29) is 12.1 Å². The first kappa shape index (κ1) is 15.9. The fraction of sp³-hybridized carbons (Fsp3) is 0.500. The Balaban J connectivity index is 1.73. The van der Waals surface area contributed by atoms with E-state index in [0.717, 1.165) is 19.3 Å². The molecule has 2 amide bonds. The Morgan fingerprint density at radius 1 is 1.52 bits per heavy atom. The molecule has 0 saturated heterocycles. The zero-order chi connectivity index (χ0) is 16.6. The Morgan fingerprint density at radius 2 is 2.30 bits per heavy atom. The van der Waals surface area contributed by atoms with E-state index < -0.39 is 6.10 Å². The van der Waals surface area contributed by atoms with Crippen molar-refractivity contribution in [3.63, 3.8) is 0 Å². The number of hydrogen-bond acceptors (Lipinski definition) is 2. The zero-order valence-corrected chi connectivity index (χ0v) is 14.0. The van der Waals surface area contributed by atoms with Crippen LogP contribution in [0, 0.1) is 6.92 Å². The standard InChI is InChI=1S/C18H25N3O2/c1-11-4-6-16-14(8-11)15-9-13(5-7-17(15)20-16)19-18(23)21(3)10-12(2)22/h4,6,8,12-13,20,22H,5,7,9-10H2,1-3H3,(H,19,23). The molecule has 1 aromatic heterocycles. The highest BCUT2D eigenvalue weighted by Crippen LogP contribution is 2.29. The van der Waals surface area contributed by atoms with Crippen LogP contribution in [0.2, 0.25) is 0 Å². The second-order valence-electron chi connectivity index (χ2n) is 6.75. The Kier molecular flexibility index (Phi) is 4.31. The Bertz CT molecular complexity index is 720. The van der Waals surface area contributed by atoms with E-state index in [9.17, 15) is 9.90 Å². The van der Waals surface area contributed by atoms with Crippen molar-refractivity contribution in [1.82, 2.24) is 15.2 Å². The highest BCUT2D eigenvalue weighted by atomic mass is 16.3. The minimum atomic E-state index is -0.514. The van der Waals surface area contributed by atoms with Crippen LogP contribution in [0.1, 0.15) is 30.2 Å². The number of hydrogen-bond donors (Lipinski definition) is 3. The molecular weight excluding hydrogens is 290 g/mol. The van der Waals surface area contributed by atoms with Crippen LogP contribution in [0.5, 0.6) is 0 Å². The lowest BCUT2D eigenvalue weighted by Crippen LogP contribution is -2.46. The van der Waals surface area contributed by atoms with Crippen LogP contribution in [0.4, 0.5) is 4.79 Å². The molecule has 2 unspecified atom stereocenters. The van der Waals surface area contributed by atoms with Gasteiger partial charge in [0.15, 0.2) is 0 Å². The molecule has 0 fully saturated rings. The number of benzene rings is 1. The Hall–Kier alpha value is -2.01. The van der Waals surface area contributed by atoms with Gasteiger partial charge >= 0.3 is 6.03 Å². The summed E-state index contributed by atoms with van der Waals surface area (Å²) in [7, 11) is 1.71. The van der Waals surface area contributed by atoms with Crippen LogP contribution in [-0.4, -0.2) is 46.8 Å². The van der Waals surface area contributed by atoms with Gasteiger partial charge in [-0.2, -0.15) is 0 Å². The van der Waals surface area contributed by atoms with Crippen LogP contribution in [0.15, 0.2) is 18.2 Å². The molecule has 0 spiro atoms. The molecule has 23 heavy (non-hydrogen) atoms. The summed E-state index contributed by atoms with van der Waals surface area (Å²) in [5, 5.41) is 13.8. The fourth-order valence-electron chi connectivity index (χ4n) is 3.42. The third-order valence-corrected chi connectivity index (χ3v) is 4.56. The zero-order valence-electron chi connectivity index (χ0n) is 14.0. The highest BCUT2D eigenvalue weighted by Gasteiger charge is 2.24. The fourth-order valence-corrected chi connectivity index (χ4v) is 3.42. The lowest BCUT2D eigenvalue weighted by molar-refractivity contribution is 0.142. The van der Waals surface area contributed by atoms with Crippen molar-refractivity contribution in [2.24, 2.45) is 0 Å². The Morgan fingerprint density at radius 3 is 3.04 bits per heavy atom. The lowest BCUT2D eigenvalue weighted by Gasteiger charge is -2.27. The number of nitrogens with one attached hydrogen (secondary N) is 2. The minimum absolute atomic E-state index is 0.115. The summed E-state index contributed by atoms with van der Waals surface area (Å²) in [5.41, 5.74) is 5.06. The van der Waals surface area contributed by atoms with Gasteiger partial charge in [-0.25, -0.2) is 4.79 Å². The number of likely N-dealkylation sites (N-methyl/N-ethyl adjacent to an activating group) is 1. The minimum Gasteiger partial charge on any atom is -0.392 e. The molecule has 1 aliphatic rings. The number of aryl methyl sites for hydroxylation is 2. The number of aliphatic hydroxyl groups is 1. The van der Waals surface area contributed by atoms with Crippen LogP contribution >= 0.6 is 0 Å². The molecule has 0 saturated carbocycles. The van der Waals surface area contributed by atoms with E-state index in [1.165, 1.54) is 27.7 Å². The van der Waals surface area contributed by atoms with Crippen LogP contribution in [-0.2, 0) is 12.8 Å². The maximum atomic E-state index is 12.2. The number of aromatic nitrogens is 1. The first-order valence-corrected chi connectivity index (χ1v) is 8.24. The average molecular weight is 315 g/mol. The van der Waals surface area contributed by atoms with E-state index in [2.05, 4.69) is 35.4 Å². The van der Waals surface area contributed by atoms with Crippen molar-refractivity contribution in [1.29, 1.82) is 0 Å². The summed E-state index contributed by atoms with van der Waals surface area (Å²) < 4.78 is 0. The number of rotatable bonds is 3. The highest BCUT2D eigenvalue weighted by molar-refractivity contribution is 5.86. The molecule has 2 aromatic rings. The number of aliphatic hydroxyl groups excluding tert-OH is 1. The van der Waals surface area contributed by atoms with E-state index in [4.69, 9.17) is 0 Å². The molecular formula is C18H25N3O2. The molecule has 3 rings (SSSR count). The smallest absolute Gasteiger partial charge is 0.317 e. The molecule has 0 aliphatic heterocycles. The van der Waals surface area contributed by atoms with Gasteiger partial charge in [0.2, 0.25) is 0 Å². The van der Waals surface area contributed by atoms with Gasteiger partial charge < -0.3 is 20.3 Å². The van der Waals surface area contributed by atoms with Gasteiger partial charge in [0.25, 0.3) is 0 Å². The summed E-state index contributed by atoms with van der Waals surface area (Å²) in [6.07, 6.45) is 2.23. The molecule has 5 nitrogen and oxygen atoms in total. The van der Waals surface area contributed by atoms with E-state index >= 15 is 0 Å².